The number of tetrazole rings is 1. The van der Waals surface area contributed by atoms with Crippen molar-refractivity contribution in [3.8, 4) is 29.0 Å². The molecule has 12 heteroatoms. The molecule has 3 heterocycles. The van der Waals surface area contributed by atoms with E-state index < -0.39 is 0 Å². The second-order valence-corrected chi connectivity index (χ2v) is 7.37. The lowest BCUT2D eigenvalue weighted by atomic mass is 10.2. The number of hydrogen-bond acceptors (Lipinski definition) is 9. The van der Waals surface area contributed by atoms with E-state index >= 15 is 0 Å². The van der Waals surface area contributed by atoms with Crippen LogP contribution in [0.3, 0.4) is 0 Å². The van der Waals surface area contributed by atoms with E-state index in [1.807, 2.05) is 18.4 Å². The molecular formula is C20H21N7O4S. The lowest BCUT2D eigenvalue weighted by Gasteiger charge is -2.12. The average Bonchev–Trinajstić information content (AvgIpc) is 3.43. The van der Waals surface area contributed by atoms with Gasteiger partial charge in [0.2, 0.25) is 17.6 Å². The molecule has 0 amide bonds. The molecule has 0 aliphatic carbocycles. The van der Waals surface area contributed by atoms with Crippen molar-refractivity contribution in [3.63, 3.8) is 0 Å². The van der Waals surface area contributed by atoms with Gasteiger partial charge in [-0.15, -0.1) is 16.9 Å². The van der Waals surface area contributed by atoms with E-state index in [1.165, 1.54) is 23.6 Å². The molecule has 0 unspecified atom stereocenters. The summed E-state index contributed by atoms with van der Waals surface area (Å²) in [4.78, 5) is 17.6. The van der Waals surface area contributed by atoms with Crippen molar-refractivity contribution in [3.05, 3.63) is 58.6 Å². The first-order valence-electron chi connectivity index (χ1n) is 9.48. The summed E-state index contributed by atoms with van der Waals surface area (Å²) in [7, 11) is 4.62. The monoisotopic (exact) mass is 455 g/mol. The molecule has 0 bridgehead atoms. The van der Waals surface area contributed by atoms with Gasteiger partial charge in [0.1, 0.15) is 12.3 Å². The molecule has 4 aromatic rings. The van der Waals surface area contributed by atoms with Gasteiger partial charge in [-0.2, -0.15) is 14.3 Å². The summed E-state index contributed by atoms with van der Waals surface area (Å²) in [5.41, 5.74) is 1.71. The third-order valence-corrected chi connectivity index (χ3v) is 5.49. The van der Waals surface area contributed by atoms with Gasteiger partial charge < -0.3 is 14.2 Å². The molecule has 32 heavy (non-hydrogen) atoms. The highest BCUT2D eigenvalue weighted by Gasteiger charge is 2.16. The Bertz CT molecular complexity index is 1300. The van der Waals surface area contributed by atoms with E-state index in [9.17, 15) is 4.79 Å². The number of nitrogens with zero attached hydrogens (tertiary/aromatic N) is 7. The summed E-state index contributed by atoms with van der Waals surface area (Å²) >= 11 is 1.55. The van der Waals surface area contributed by atoms with Gasteiger partial charge in [-0.1, -0.05) is 6.07 Å². The van der Waals surface area contributed by atoms with Gasteiger partial charge >= 0.3 is 5.69 Å². The van der Waals surface area contributed by atoms with Crippen molar-refractivity contribution in [2.45, 2.75) is 11.5 Å². The molecule has 4 rings (SSSR count). The van der Waals surface area contributed by atoms with Crippen molar-refractivity contribution >= 4 is 11.8 Å². The van der Waals surface area contributed by atoms with Crippen LogP contribution in [0.5, 0.6) is 17.6 Å². The number of benzene rings is 1. The molecule has 0 radical (unpaired) electrons. The fourth-order valence-electron chi connectivity index (χ4n) is 3.07. The van der Waals surface area contributed by atoms with E-state index in [2.05, 4.69) is 20.5 Å². The predicted octanol–water partition coefficient (Wildman–Crippen LogP) is 1.86. The number of methoxy groups -OCH3 is 2. The van der Waals surface area contributed by atoms with Crippen molar-refractivity contribution in [1.82, 2.24) is 34.6 Å². The van der Waals surface area contributed by atoms with Crippen LogP contribution in [0.4, 0.5) is 0 Å². The molecule has 166 valence electrons. The Balaban J connectivity index is 1.61. The molecule has 0 N–H and O–H groups in total. The van der Waals surface area contributed by atoms with Crippen LogP contribution in [-0.2, 0) is 13.7 Å². The van der Waals surface area contributed by atoms with Crippen molar-refractivity contribution in [1.29, 1.82) is 0 Å². The first kappa shape index (κ1) is 21.4. The topological polar surface area (TPSA) is 111 Å². The Morgan fingerprint density at radius 3 is 2.53 bits per heavy atom. The number of rotatable bonds is 8. The molecule has 0 saturated carbocycles. The lowest BCUT2D eigenvalue weighted by molar-refractivity contribution is 0.288. The zero-order valence-corrected chi connectivity index (χ0v) is 18.7. The largest absolute Gasteiger partial charge is 0.481 e. The van der Waals surface area contributed by atoms with E-state index in [0.717, 1.165) is 10.5 Å². The Kier molecular flexibility index (Phi) is 6.12. The van der Waals surface area contributed by atoms with Gasteiger partial charge in [0.05, 0.1) is 19.9 Å². The van der Waals surface area contributed by atoms with Crippen LogP contribution in [0.1, 0.15) is 5.56 Å². The minimum absolute atomic E-state index is 0.185. The molecule has 11 nitrogen and oxygen atoms in total. The van der Waals surface area contributed by atoms with Gasteiger partial charge in [-0.05, 0) is 34.9 Å². The van der Waals surface area contributed by atoms with Crippen molar-refractivity contribution in [2.24, 2.45) is 7.05 Å². The Morgan fingerprint density at radius 2 is 1.84 bits per heavy atom. The van der Waals surface area contributed by atoms with Crippen molar-refractivity contribution in [2.75, 3.05) is 20.5 Å². The maximum Gasteiger partial charge on any atom is 0.368 e. The minimum atomic E-state index is -0.340. The average molecular weight is 456 g/mol. The maximum absolute atomic E-state index is 12.4. The third-order valence-electron chi connectivity index (χ3n) is 4.67. The number of aromatic nitrogens is 7. The Labute approximate surface area is 187 Å². The summed E-state index contributed by atoms with van der Waals surface area (Å²) in [6.07, 6.45) is 3.70. The van der Waals surface area contributed by atoms with Gasteiger partial charge in [-0.25, -0.2) is 9.48 Å². The molecule has 0 aliphatic rings. The van der Waals surface area contributed by atoms with Crippen molar-refractivity contribution < 1.29 is 14.2 Å². The summed E-state index contributed by atoms with van der Waals surface area (Å²) in [5.74, 6) is 1.21. The first-order chi connectivity index (χ1) is 15.5. The summed E-state index contributed by atoms with van der Waals surface area (Å²) in [6, 6.07) is 10.9. The minimum Gasteiger partial charge on any atom is -0.481 e. The van der Waals surface area contributed by atoms with Crippen LogP contribution in [0.15, 0.2) is 52.3 Å². The predicted molar refractivity (Wildman–Crippen MR) is 117 cm³/mol. The highest BCUT2D eigenvalue weighted by atomic mass is 32.2. The van der Waals surface area contributed by atoms with Crippen LogP contribution in [0.2, 0.25) is 0 Å². The zero-order chi connectivity index (χ0) is 22.7. The highest BCUT2D eigenvalue weighted by molar-refractivity contribution is 7.98. The fraction of sp³-hybridized carbons (Fsp3) is 0.250. The number of ether oxygens (including phenoxy) is 3. The standard InChI is InChI=1S/C20H21N7O4S/c1-25-20(28)27(24-23-25)14-6-5-7-16(32-4)13(14)12-31-18-10-11-26(22-18)15-8-9-17(29-2)21-19(15)30-3/h5-11H,12H2,1-4H3. The van der Waals surface area contributed by atoms with Gasteiger partial charge in [0, 0.05) is 35.8 Å². The third kappa shape index (κ3) is 4.04. The number of hydrogen-bond donors (Lipinski definition) is 0. The number of pyridine rings is 1. The second-order valence-electron chi connectivity index (χ2n) is 6.52. The summed E-state index contributed by atoms with van der Waals surface area (Å²) in [6.45, 7) is 0.185. The Morgan fingerprint density at radius 1 is 1.00 bits per heavy atom. The fourth-order valence-corrected chi connectivity index (χ4v) is 3.70. The van der Waals surface area contributed by atoms with E-state index in [4.69, 9.17) is 14.2 Å². The van der Waals surface area contributed by atoms with Crippen LogP contribution < -0.4 is 19.9 Å². The zero-order valence-electron chi connectivity index (χ0n) is 17.9. The van der Waals surface area contributed by atoms with Gasteiger partial charge in [-0.3, -0.25) is 0 Å². The number of aryl methyl sites for hydroxylation is 1. The van der Waals surface area contributed by atoms with Crippen LogP contribution >= 0.6 is 11.8 Å². The quantitative estimate of drug-likeness (QED) is 0.368. The van der Waals surface area contributed by atoms with Gasteiger partial charge in [0.15, 0.2) is 0 Å². The lowest BCUT2D eigenvalue weighted by Crippen LogP contribution is -2.23. The molecule has 0 aliphatic heterocycles. The molecule has 3 aromatic heterocycles. The molecule has 1 aromatic carbocycles. The summed E-state index contributed by atoms with van der Waals surface area (Å²) in [5, 5.41) is 12.2. The molecular weight excluding hydrogens is 434 g/mol. The van der Waals surface area contributed by atoms with Gasteiger partial charge in [0.25, 0.3) is 0 Å². The van der Waals surface area contributed by atoms with E-state index in [0.29, 0.717) is 29.0 Å². The molecule has 0 saturated heterocycles. The Hall–Kier alpha value is -3.80. The number of thioether (sulfide) groups is 1. The highest BCUT2D eigenvalue weighted by Crippen LogP contribution is 2.28. The smallest absolute Gasteiger partial charge is 0.368 e. The molecule has 0 spiro atoms. The normalized spacial score (nSPS) is 10.9. The van der Waals surface area contributed by atoms with Crippen LogP contribution in [-0.4, -0.2) is 55.0 Å². The van der Waals surface area contributed by atoms with Crippen LogP contribution in [0, 0.1) is 0 Å². The second kappa shape index (κ2) is 9.14. The molecule has 0 fully saturated rings. The molecule has 0 atom stereocenters. The SMILES string of the molecule is COc1ccc(-n2ccc(OCc3c(SC)cccc3-n3nnn(C)c3=O)n2)c(OC)n1. The van der Waals surface area contributed by atoms with Crippen LogP contribution in [0.25, 0.3) is 11.4 Å². The van der Waals surface area contributed by atoms with E-state index in [1.54, 1.807) is 54.0 Å². The first-order valence-corrected chi connectivity index (χ1v) is 10.7. The van der Waals surface area contributed by atoms with E-state index in [-0.39, 0.29) is 12.3 Å². The maximum atomic E-state index is 12.4. The summed E-state index contributed by atoms with van der Waals surface area (Å²) < 4.78 is 20.5.